The minimum absolute atomic E-state index is 0.215. The molecule has 0 aliphatic heterocycles. The molecule has 3 N–H and O–H groups in total. The molecule has 1 aromatic carbocycles. The number of nitrogens with two attached hydrogens (primary N) is 1. The molecule has 3 nitrogen and oxygen atoms in total. The number of anilines is 1. The first-order chi connectivity index (χ1) is 6.52. The zero-order valence-corrected chi connectivity index (χ0v) is 7.62. The van der Waals surface area contributed by atoms with Gasteiger partial charge in [-0.25, -0.2) is 9.18 Å². The molecule has 0 radical (unpaired) electrons. The number of rotatable bonds is 2. The van der Waals surface area contributed by atoms with Gasteiger partial charge in [-0.2, -0.15) is 0 Å². The van der Waals surface area contributed by atoms with Gasteiger partial charge in [0.25, 0.3) is 0 Å². The molecule has 0 bridgehead atoms. The average molecular weight is 195 g/mol. The van der Waals surface area contributed by atoms with Gasteiger partial charge in [0.15, 0.2) is 0 Å². The van der Waals surface area contributed by atoms with Gasteiger partial charge >= 0.3 is 5.97 Å². The third kappa shape index (κ3) is 2.10. The van der Waals surface area contributed by atoms with Gasteiger partial charge in [0.1, 0.15) is 5.82 Å². The quantitative estimate of drug-likeness (QED) is 0.558. The van der Waals surface area contributed by atoms with Crippen molar-refractivity contribution in [1.82, 2.24) is 0 Å². The van der Waals surface area contributed by atoms with Crippen LogP contribution in [0.3, 0.4) is 0 Å². The standard InChI is InChI=1S/C10H10FNO2/c1-6-7(2-5-10(13)14)8(11)3-4-9(6)12/h2-5H,12H2,1H3,(H,13,14)/b5-2+. The van der Waals surface area contributed by atoms with Crippen LogP contribution in [0.15, 0.2) is 18.2 Å². The molecule has 1 rings (SSSR count). The molecule has 0 atom stereocenters. The van der Waals surface area contributed by atoms with Crippen LogP contribution in [-0.2, 0) is 4.79 Å². The molecule has 74 valence electrons. The second kappa shape index (κ2) is 3.91. The van der Waals surface area contributed by atoms with Gasteiger partial charge in [-0.05, 0) is 30.7 Å². The summed E-state index contributed by atoms with van der Waals surface area (Å²) >= 11 is 0. The largest absolute Gasteiger partial charge is 0.478 e. The Morgan fingerprint density at radius 3 is 2.79 bits per heavy atom. The molecule has 0 unspecified atom stereocenters. The Bertz CT molecular complexity index is 399. The number of nitrogen functional groups attached to an aromatic ring is 1. The Morgan fingerprint density at radius 2 is 2.21 bits per heavy atom. The lowest BCUT2D eigenvalue weighted by Crippen LogP contribution is -1.96. The van der Waals surface area contributed by atoms with E-state index in [9.17, 15) is 9.18 Å². The van der Waals surface area contributed by atoms with E-state index in [0.29, 0.717) is 11.3 Å². The van der Waals surface area contributed by atoms with Crippen LogP contribution < -0.4 is 5.73 Å². The maximum atomic E-state index is 13.2. The monoisotopic (exact) mass is 195 g/mol. The van der Waals surface area contributed by atoms with Crippen LogP contribution in [0.4, 0.5) is 10.1 Å². The van der Waals surface area contributed by atoms with E-state index < -0.39 is 11.8 Å². The molecule has 0 aromatic heterocycles. The lowest BCUT2D eigenvalue weighted by molar-refractivity contribution is -0.131. The minimum atomic E-state index is -1.12. The molecule has 0 spiro atoms. The smallest absolute Gasteiger partial charge is 0.328 e. The summed E-state index contributed by atoms with van der Waals surface area (Å²) in [5, 5.41) is 8.39. The first-order valence-corrected chi connectivity index (χ1v) is 3.98. The van der Waals surface area contributed by atoms with Gasteiger partial charge in [-0.1, -0.05) is 0 Å². The summed E-state index contributed by atoms with van der Waals surface area (Å²) in [6, 6.07) is 2.66. The fourth-order valence-electron chi connectivity index (χ4n) is 1.07. The number of benzene rings is 1. The van der Waals surface area contributed by atoms with Crippen molar-refractivity contribution < 1.29 is 14.3 Å². The number of hydrogen-bond donors (Lipinski definition) is 2. The summed E-state index contributed by atoms with van der Waals surface area (Å²) in [6.45, 7) is 1.64. The summed E-state index contributed by atoms with van der Waals surface area (Å²) in [6.07, 6.45) is 2.08. The predicted octanol–water partition coefficient (Wildman–Crippen LogP) is 1.81. The van der Waals surface area contributed by atoms with Crippen molar-refractivity contribution in [1.29, 1.82) is 0 Å². The van der Waals surface area contributed by atoms with Crippen molar-refractivity contribution >= 4 is 17.7 Å². The van der Waals surface area contributed by atoms with Gasteiger partial charge in [0.2, 0.25) is 0 Å². The Kier molecular flexibility index (Phi) is 2.86. The maximum absolute atomic E-state index is 13.2. The van der Waals surface area contributed by atoms with Crippen molar-refractivity contribution in [2.75, 3.05) is 5.73 Å². The number of halogens is 1. The molecule has 14 heavy (non-hydrogen) atoms. The average Bonchev–Trinajstić information content (AvgIpc) is 2.11. The minimum Gasteiger partial charge on any atom is -0.478 e. The van der Waals surface area contributed by atoms with Gasteiger partial charge in [0, 0.05) is 17.3 Å². The number of carboxylic acid groups (broad SMARTS) is 1. The molecule has 0 aliphatic rings. The van der Waals surface area contributed by atoms with E-state index in [-0.39, 0.29) is 5.56 Å². The SMILES string of the molecule is Cc1c(N)ccc(F)c1/C=C/C(=O)O. The van der Waals surface area contributed by atoms with Crippen LogP contribution in [-0.4, -0.2) is 11.1 Å². The Labute approximate surface area is 80.7 Å². The van der Waals surface area contributed by atoms with E-state index in [4.69, 9.17) is 10.8 Å². The Hall–Kier alpha value is -1.84. The number of hydrogen-bond acceptors (Lipinski definition) is 2. The zero-order chi connectivity index (χ0) is 10.7. The van der Waals surface area contributed by atoms with Crippen molar-refractivity contribution in [3.63, 3.8) is 0 Å². The second-order valence-corrected chi connectivity index (χ2v) is 2.85. The Balaban J connectivity index is 3.19. The number of carbonyl (C=O) groups is 1. The van der Waals surface area contributed by atoms with Crippen molar-refractivity contribution in [2.45, 2.75) is 6.92 Å². The van der Waals surface area contributed by atoms with Crippen LogP contribution in [0.25, 0.3) is 6.08 Å². The van der Waals surface area contributed by atoms with E-state index in [1.165, 1.54) is 18.2 Å². The van der Waals surface area contributed by atoms with Crippen LogP contribution in [0.5, 0.6) is 0 Å². The van der Waals surface area contributed by atoms with Crippen LogP contribution in [0.1, 0.15) is 11.1 Å². The molecule has 0 aliphatic carbocycles. The van der Waals surface area contributed by atoms with Gasteiger partial charge < -0.3 is 10.8 Å². The molecule has 0 fully saturated rings. The lowest BCUT2D eigenvalue weighted by atomic mass is 10.1. The highest BCUT2D eigenvalue weighted by molar-refractivity contribution is 5.86. The fourth-order valence-corrected chi connectivity index (χ4v) is 1.07. The molecule has 4 heteroatoms. The van der Waals surface area contributed by atoms with Crippen molar-refractivity contribution in [3.8, 4) is 0 Å². The van der Waals surface area contributed by atoms with Gasteiger partial charge in [0.05, 0.1) is 0 Å². The number of carboxylic acids is 1. The van der Waals surface area contributed by atoms with Crippen molar-refractivity contribution in [2.24, 2.45) is 0 Å². The summed E-state index contributed by atoms with van der Waals surface area (Å²) in [5.41, 5.74) is 6.75. The molecule has 1 aromatic rings. The molecule has 0 heterocycles. The second-order valence-electron chi connectivity index (χ2n) is 2.85. The van der Waals surface area contributed by atoms with E-state index in [1.807, 2.05) is 0 Å². The highest BCUT2D eigenvalue weighted by atomic mass is 19.1. The van der Waals surface area contributed by atoms with Crippen LogP contribution >= 0.6 is 0 Å². The normalized spacial score (nSPS) is 10.7. The third-order valence-electron chi connectivity index (χ3n) is 1.90. The van der Waals surface area contributed by atoms with E-state index in [1.54, 1.807) is 6.92 Å². The summed E-state index contributed by atoms with van der Waals surface area (Å²) in [7, 11) is 0. The third-order valence-corrected chi connectivity index (χ3v) is 1.90. The highest BCUT2D eigenvalue weighted by Gasteiger charge is 2.05. The Morgan fingerprint density at radius 1 is 1.57 bits per heavy atom. The van der Waals surface area contributed by atoms with Crippen LogP contribution in [0, 0.1) is 12.7 Å². The fraction of sp³-hybridized carbons (Fsp3) is 0.100. The first-order valence-electron chi connectivity index (χ1n) is 3.98. The highest BCUT2D eigenvalue weighted by Crippen LogP contribution is 2.20. The molecule has 0 amide bonds. The summed E-state index contributed by atoms with van der Waals surface area (Å²) in [5.74, 6) is -1.60. The lowest BCUT2D eigenvalue weighted by Gasteiger charge is -2.04. The zero-order valence-electron chi connectivity index (χ0n) is 7.62. The van der Waals surface area contributed by atoms with E-state index in [0.717, 1.165) is 6.08 Å². The van der Waals surface area contributed by atoms with E-state index >= 15 is 0 Å². The van der Waals surface area contributed by atoms with E-state index in [2.05, 4.69) is 0 Å². The van der Waals surface area contributed by atoms with Crippen molar-refractivity contribution in [3.05, 3.63) is 35.2 Å². The maximum Gasteiger partial charge on any atom is 0.328 e. The first kappa shape index (κ1) is 10.2. The molecule has 0 saturated carbocycles. The topological polar surface area (TPSA) is 63.3 Å². The predicted molar refractivity (Wildman–Crippen MR) is 52.2 cm³/mol. The summed E-state index contributed by atoms with van der Waals surface area (Å²) < 4.78 is 13.2. The molecule has 0 saturated heterocycles. The number of aliphatic carboxylic acids is 1. The van der Waals surface area contributed by atoms with Gasteiger partial charge in [-0.15, -0.1) is 0 Å². The van der Waals surface area contributed by atoms with Crippen LogP contribution in [0.2, 0.25) is 0 Å². The van der Waals surface area contributed by atoms with Gasteiger partial charge in [-0.3, -0.25) is 0 Å². The molecular weight excluding hydrogens is 185 g/mol. The molecular formula is C10H10FNO2. The summed E-state index contributed by atoms with van der Waals surface area (Å²) in [4.78, 5) is 10.2.